The van der Waals surface area contributed by atoms with Gasteiger partial charge in [0.2, 0.25) is 0 Å². The fourth-order valence-corrected chi connectivity index (χ4v) is 3.76. The summed E-state index contributed by atoms with van der Waals surface area (Å²) in [6.45, 7) is 2.66. The summed E-state index contributed by atoms with van der Waals surface area (Å²) in [5.41, 5.74) is 2.20. The van der Waals surface area contributed by atoms with Gasteiger partial charge in [0.05, 0.1) is 5.69 Å². The lowest BCUT2D eigenvalue weighted by atomic mass is 10.0. The molecule has 30 heavy (non-hydrogen) atoms. The van der Waals surface area contributed by atoms with Crippen molar-refractivity contribution in [2.45, 2.75) is 30.7 Å². The molecule has 0 fully saturated rings. The Kier molecular flexibility index (Phi) is 6.67. The fourth-order valence-electron chi connectivity index (χ4n) is 3.08. The Balaban J connectivity index is 1.24. The Labute approximate surface area is 180 Å². The minimum Gasteiger partial charge on any atom is -0.492 e. The Morgan fingerprint density at radius 2 is 1.80 bits per heavy atom. The first-order chi connectivity index (χ1) is 14.7. The second-order valence-corrected chi connectivity index (χ2v) is 7.98. The van der Waals surface area contributed by atoms with E-state index in [4.69, 9.17) is 9.47 Å². The summed E-state index contributed by atoms with van der Waals surface area (Å²) in [6.07, 6.45) is 5.90. The molecule has 0 radical (unpaired) electrons. The van der Waals surface area contributed by atoms with Crippen molar-refractivity contribution in [3.63, 3.8) is 0 Å². The van der Waals surface area contributed by atoms with Gasteiger partial charge in [-0.15, -0.1) is 0 Å². The number of nitrogens with zero attached hydrogens (tertiary/aromatic N) is 1. The van der Waals surface area contributed by atoms with Crippen molar-refractivity contribution in [2.75, 3.05) is 6.61 Å². The lowest BCUT2D eigenvalue weighted by Gasteiger charge is -2.20. The molecule has 0 spiro atoms. The second-order valence-electron chi connectivity index (χ2n) is 7.06. The Morgan fingerprint density at radius 1 is 1.07 bits per heavy atom. The van der Waals surface area contributed by atoms with Crippen LogP contribution >= 0.6 is 11.9 Å². The average molecular weight is 423 g/mol. The molecule has 1 aromatic heterocycles. The van der Waals surface area contributed by atoms with Crippen LogP contribution in [0.15, 0.2) is 77.8 Å². The van der Waals surface area contributed by atoms with E-state index in [0.29, 0.717) is 18.1 Å². The minimum atomic E-state index is -0.279. The summed E-state index contributed by atoms with van der Waals surface area (Å²) in [5.74, 6) is 1.96. The van der Waals surface area contributed by atoms with Gasteiger partial charge in [-0.05, 0) is 98.5 Å². The second kappa shape index (κ2) is 9.78. The first-order valence-corrected chi connectivity index (χ1v) is 10.7. The van der Waals surface area contributed by atoms with Crippen molar-refractivity contribution in [1.82, 2.24) is 9.71 Å². The zero-order chi connectivity index (χ0) is 20.8. The van der Waals surface area contributed by atoms with E-state index in [9.17, 15) is 4.39 Å². The van der Waals surface area contributed by atoms with E-state index in [1.165, 1.54) is 12.1 Å². The van der Waals surface area contributed by atoms with Crippen LogP contribution in [0.4, 0.5) is 4.39 Å². The van der Waals surface area contributed by atoms with Crippen molar-refractivity contribution in [3.05, 3.63) is 90.0 Å². The predicted octanol–water partition coefficient (Wildman–Crippen LogP) is 6.00. The number of rotatable bonds is 8. The Hall–Kier alpha value is -2.83. The molecule has 0 saturated heterocycles. The highest BCUT2D eigenvalue weighted by molar-refractivity contribution is 7.97. The van der Waals surface area contributed by atoms with Crippen LogP contribution in [0.5, 0.6) is 11.5 Å². The van der Waals surface area contributed by atoms with Crippen molar-refractivity contribution in [1.29, 1.82) is 0 Å². The summed E-state index contributed by atoms with van der Waals surface area (Å²) in [4.78, 5) is 5.51. The van der Waals surface area contributed by atoms with Crippen LogP contribution in [0.2, 0.25) is 0 Å². The molecule has 0 aliphatic heterocycles. The minimum absolute atomic E-state index is 0.160. The maximum atomic E-state index is 13.0. The number of fused-ring (bicyclic) bond motifs is 1. The van der Waals surface area contributed by atoms with Crippen molar-refractivity contribution in [3.8, 4) is 11.5 Å². The highest BCUT2D eigenvalue weighted by atomic mass is 32.2. The highest BCUT2D eigenvalue weighted by Crippen LogP contribution is 2.27. The summed E-state index contributed by atoms with van der Waals surface area (Å²) >= 11 is 1.55. The van der Waals surface area contributed by atoms with Crippen LogP contribution in [0, 0.1) is 5.82 Å². The molecule has 3 aromatic rings. The van der Waals surface area contributed by atoms with E-state index in [-0.39, 0.29) is 11.9 Å². The van der Waals surface area contributed by atoms with Crippen LogP contribution in [0.1, 0.15) is 24.6 Å². The number of benzene rings is 2. The number of aromatic nitrogens is 1. The van der Waals surface area contributed by atoms with Gasteiger partial charge in [-0.2, -0.15) is 0 Å². The first kappa shape index (κ1) is 20.4. The van der Waals surface area contributed by atoms with Crippen molar-refractivity contribution >= 4 is 17.7 Å². The van der Waals surface area contributed by atoms with Gasteiger partial charge in [0.25, 0.3) is 0 Å². The third kappa shape index (κ3) is 5.40. The molecule has 4 nitrogen and oxygen atoms in total. The van der Waals surface area contributed by atoms with Crippen molar-refractivity contribution < 1.29 is 13.9 Å². The smallest absolute Gasteiger partial charge is 0.127 e. The quantitative estimate of drug-likeness (QED) is 0.451. The molecular weight excluding hydrogens is 399 g/mol. The maximum Gasteiger partial charge on any atom is 0.127 e. The van der Waals surface area contributed by atoms with E-state index in [1.54, 1.807) is 24.1 Å². The molecule has 4 rings (SSSR count). The van der Waals surface area contributed by atoms with Crippen LogP contribution in [0.3, 0.4) is 0 Å². The largest absolute Gasteiger partial charge is 0.492 e. The molecule has 0 amide bonds. The number of halogens is 1. The summed E-state index contributed by atoms with van der Waals surface area (Å²) in [5, 5.41) is 0. The lowest BCUT2D eigenvalue weighted by molar-refractivity contribution is 0.251. The monoisotopic (exact) mass is 422 g/mol. The number of allylic oxidation sites excluding steroid dienone is 1. The first-order valence-electron chi connectivity index (χ1n) is 9.90. The molecule has 2 aromatic carbocycles. The lowest BCUT2D eigenvalue weighted by Crippen LogP contribution is -2.25. The van der Waals surface area contributed by atoms with E-state index < -0.39 is 0 Å². The zero-order valence-corrected chi connectivity index (χ0v) is 17.5. The van der Waals surface area contributed by atoms with Gasteiger partial charge < -0.3 is 9.47 Å². The van der Waals surface area contributed by atoms with Gasteiger partial charge >= 0.3 is 0 Å². The topological polar surface area (TPSA) is 43.4 Å². The molecule has 1 atom stereocenters. The van der Waals surface area contributed by atoms with Gasteiger partial charge in [0, 0.05) is 22.7 Å². The summed E-state index contributed by atoms with van der Waals surface area (Å²) < 4.78 is 28.2. The Bertz CT molecular complexity index is 1010. The summed E-state index contributed by atoms with van der Waals surface area (Å²) in [7, 11) is 0. The molecule has 0 bridgehead atoms. The SMILES string of the molecule is CC(COC1=CCCc2ncccc21)NSc1ccc(Oc2ccc(F)cc2)cc1. The van der Waals surface area contributed by atoms with Crippen LogP contribution in [0.25, 0.3) is 5.76 Å². The molecule has 1 aliphatic rings. The van der Waals surface area contributed by atoms with E-state index >= 15 is 0 Å². The Morgan fingerprint density at radius 3 is 2.57 bits per heavy atom. The average Bonchev–Trinajstić information content (AvgIpc) is 2.78. The molecule has 1 heterocycles. The fraction of sp³-hybridized carbons (Fsp3) is 0.208. The summed E-state index contributed by atoms with van der Waals surface area (Å²) in [6, 6.07) is 17.9. The molecule has 1 unspecified atom stereocenters. The number of aryl methyl sites for hydroxylation is 1. The van der Waals surface area contributed by atoms with Gasteiger partial charge in [0.15, 0.2) is 0 Å². The normalized spacial score (nSPS) is 13.9. The third-order valence-corrected chi connectivity index (χ3v) is 5.63. The van der Waals surface area contributed by atoms with Gasteiger partial charge in [-0.1, -0.05) is 0 Å². The van der Waals surface area contributed by atoms with E-state index in [2.05, 4.69) is 28.8 Å². The van der Waals surface area contributed by atoms with Gasteiger partial charge in [-0.3, -0.25) is 9.71 Å². The van der Waals surface area contributed by atoms with E-state index in [0.717, 1.165) is 34.8 Å². The van der Waals surface area contributed by atoms with Gasteiger partial charge in [0.1, 0.15) is 29.7 Å². The third-order valence-electron chi connectivity index (χ3n) is 4.61. The number of hydrogen-bond donors (Lipinski definition) is 1. The van der Waals surface area contributed by atoms with Crippen LogP contribution in [-0.2, 0) is 11.2 Å². The number of hydrogen-bond acceptors (Lipinski definition) is 5. The molecule has 6 heteroatoms. The molecule has 0 saturated carbocycles. The maximum absolute atomic E-state index is 13.0. The molecule has 1 N–H and O–H groups in total. The zero-order valence-electron chi connectivity index (χ0n) is 16.7. The van der Waals surface area contributed by atoms with Crippen molar-refractivity contribution in [2.24, 2.45) is 0 Å². The van der Waals surface area contributed by atoms with E-state index in [1.807, 2.05) is 36.5 Å². The number of ether oxygens (including phenoxy) is 2. The molecule has 1 aliphatic carbocycles. The highest BCUT2D eigenvalue weighted by Gasteiger charge is 2.15. The number of nitrogens with one attached hydrogen (secondary N) is 1. The van der Waals surface area contributed by atoms with Gasteiger partial charge in [-0.25, -0.2) is 4.39 Å². The predicted molar refractivity (Wildman–Crippen MR) is 118 cm³/mol. The standard InChI is InChI=1S/C24H23FN2O2S/c1-17(16-28-24-6-2-5-23-22(24)4-3-15-26-23)27-30-21-13-11-20(12-14-21)29-19-9-7-18(25)8-10-19/h3-4,6-15,17,27H,2,5,16H2,1H3. The van der Waals surface area contributed by atoms with Crippen LogP contribution < -0.4 is 9.46 Å². The molecular formula is C24H23FN2O2S. The van der Waals surface area contributed by atoms with Crippen LogP contribution in [-0.4, -0.2) is 17.6 Å². The molecule has 154 valence electrons. The number of pyridine rings is 1.